The Morgan fingerprint density at radius 1 is 1.33 bits per heavy atom. The first kappa shape index (κ1) is 16.9. The van der Waals surface area contributed by atoms with E-state index in [0.717, 1.165) is 22.4 Å². The molecule has 0 spiro atoms. The van der Waals surface area contributed by atoms with Crippen LogP contribution in [0.25, 0.3) is 0 Å². The van der Waals surface area contributed by atoms with Crippen LogP contribution in [0.15, 0.2) is 5.38 Å². The van der Waals surface area contributed by atoms with E-state index < -0.39 is 0 Å². The van der Waals surface area contributed by atoms with Gasteiger partial charge in [0.25, 0.3) is 0 Å². The quantitative estimate of drug-likeness (QED) is 0.905. The summed E-state index contributed by atoms with van der Waals surface area (Å²) in [6, 6.07) is -0.193. The molecule has 0 bridgehead atoms. The summed E-state index contributed by atoms with van der Waals surface area (Å²) in [5.41, 5.74) is 1.08. The molecule has 3 heterocycles. The van der Waals surface area contributed by atoms with Crippen LogP contribution in [-0.4, -0.2) is 37.2 Å². The summed E-state index contributed by atoms with van der Waals surface area (Å²) < 4.78 is 1.87. The average Bonchev–Trinajstić information content (AvgIpc) is 3.11. The van der Waals surface area contributed by atoms with Crippen molar-refractivity contribution in [2.75, 3.05) is 6.54 Å². The molecular weight excluding hydrogens is 324 g/mol. The van der Waals surface area contributed by atoms with Crippen molar-refractivity contribution in [3.05, 3.63) is 27.7 Å². The molecule has 24 heavy (non-hydrogen) atoms. The highest BCUT2D eigenvalue weighted by Gasteiger charge is 2.25. The van der Waals surface area contributed by atoms with Crippen molar-refractivity contribution >= 4 is 17.4 Å². The van der Waals surface area contributed by atoms with Gasteiger partial charge in [0.1, 0.15) is 16.7 Å². The molecular formula is C16H24N6OS. The second-order valence-corrected chi connectivity index (χ2v) is 8.10. The Kier molecular flexibility index (Phi) is 4.33. The Bertz CT molecular complexity index is 744. The molecule has 130 valence electrons. The van der Waals surface area contributed by atoms with E-state index in [9.17, 15) is 4.79 Å². The summed E-state index contributed by atoms with van der Waals surface area (Å²) in [6.45, 7) is 12.1. The standard InChI is InChI=1S/C16H24N6OS/c1-10(14-19-12(9-24-14)16(3,4)5)17-15(23)21-6-7-22-13(8-21)18-11(2)20-22/h9-10H,6-8H2,1-5H3,(H,17,23)/t10-/m0/s1. The van der Waals surface area contributed by atoms with Crippen molar-refractivity contribution in [3.8, 4) is 0 Å². The smallest absolute Gasteiger partial charge is 0.318 e. The van der Waals surface area contributed by atoms with Crippen LogP contribution in [0, 0.1) is 6.92 Å². The maximum Gasteiger partial charge on any atom is 0.318 e. The molecule has 0 aromatic carbocycles. The highest BCUT2D eigenvalue weighted by molar-refractivity contribution is 7.09. The van der Waals surface area contributed by atoms with Crippen molar-refractivity contribution in [2.45, 2.75) is 59.2 Å². The monoisotopic (exact) mass is 348 g/mol. The SMILES string of the molecule is Cc1nc2n(n1)CCN(C(=O)N[C@@H](C)c1nc(C(C)(C)C)cs1)C2. The first-order valence-electron chi connectivity index (χ1n) is 8.15. The predicted molar refractivity (Wildman–Crippen MR) is 92.9 cm³/mol. The van der Waals surface area contributed by atoms with Crippen LogP contribution in [0.1, 0.15) is 56.1 Å². The molecule has 1 N–H and O–H groups in total. The first-order chi connectivity index (χ1) is 11.2. The van der Waals surface area contributed by atoms with Gasteiger partial charge < -0.3 is 10.2 Å². The van der Waals surface area contributed by atoms with Gasteiger partial charge in [-0.15, -0.1) is 11.3 Å². The fourth-order valence-electron chi connectivity index (χ4n) is 2.60. The summed E-state index contributed by atoms with van der Waals surface area (Å²) in [5.74, 6) is 1.59. The van der Waals surface area contributed by atoms with Gasteiger partial charge in [-0.2, -0.15) is 5.10 Å². The van der Waals surface area contributed by atoms with Gasteiger partial charge in [0, 0.05) is 17.3 Å². The lowest BCUT2D eigenvalue weighted by atomic mass is 9.93. The molecule has 7 nitrogen and oxygen atoms in total. The number of hydrogen-bond donors (Lipinski definition) is 1. The molecule has 8 heteroatoms. The zero-order chi connectivity index (χ0) is 17.5. The summed E-state index contributed by atoms with van der Waals surface area (Å²) >= 11 is 1.59. The normalized spacial score (nSPS) is 16.0. The number of amides is 2. The minimum atomic E-state index is -0.111. The third-order valence-electron chi connectivity index (χ3n) is 4.06. The zero-order valence-electron chi connectivity index (χ0n) is 14.8. The van der Waals surface area contributed by atoms with E-state index in [-0.39, 0.29) is 17.5 Å². The van der Waals surface area contributed by atoms with Crippen LogP contribution in [-0.2, 0) is 18.5 Å². The van der Waals surface area contributed by atoms with Gasteiger partial charge in [0.15, 0.2) is 0 Å². The van der Waals surface area contributed by atoms with Crippen molar-refractivity contribution in [1.29, 1.82) is 0 Å². The lowest BCUT2D eigenvalue weighted by molar-refractivity contribution is 0.176. The van der Waals surface area contributed by atoms with Crippen molar-refractivity contribution in [2.24, 2.45) is 0 Å². The lowest BCUT2D eigenvalue weighted by Gasteiger charge is -2.28. The van der Waals surface area contributed by atoms with Crippen LogP contribution >= 0.6 is 11.3 Å². The van der Waals surface area contributed by atoms with E-state index in [2.05, 4.69) is 46.5 Å². The number of nitrogens with one attached hydrogen (secondary N) is 1. The van der Waals surface area contributed by atoms with Gasteiger partial charge >= 0.3 is 6.03 Å². The largest absolute Gasteiger partial charge is 0.329 e. The van der Waals surface area contributed by atoms with Gasteiger partial charge in [0.05, 0.1) is 24.8 Å². The maximum absolute atomic E-state index is 12.5. The summed E-state index contributed by atoms with van der Waals surface area (Å²) in [4.78, 5) is 23.4. The molecule has 1 aliphatic rings. The fourth-order valence-corrected chi connectivity index (χ4v) is 3.66. The molecule has 2 amide bonds. The van der Waals surface area contributed by atoms with Gasteiger partial charge in [-0.1, -0.05) is 20.8 Å². The molecule has 3 rings (SSSR count). The van der Waals surface area contributed by atoms with Crippen molar-refractivity contribution in [1.82, 2.24) is 30.0 Å². The molecule has 2 aromatic rings. The van der Waals surface area contributed by atoms with Crippen LogP contribution in [0.4, 0.5) is 4.79 Å². The number of aromatic nitrogens is 4. The lowest BCUT2D eigenvalue weighted by Crippen LogP contribution is -2.45. The van der Waals surface area contributed by atoms with E-state index in [1.54, 1.807) is 16.2 Å². The van der Waals surface area contributed by atoms with Crippen LogP contribution < -0.4 is 5.32 Å². The number of hydrogen-bond acceptors (Lipinski definition) is 5. The van der Waals surface area contributed by atoms with E-state index in [0.29, 0.717) is 19.6 Å². The number of carbonyl (C=O) groups excluding carboxylic acids is 1. The number of thiazole rings is 1. The number of nitrogens with zero attached hydrogens (tertiary/aromatic N) is 5. The molecule has 2 aromatic heterocycles. The Hall–Kier alpha value is -1.96. The van der Waals surface area contributed by atoms with Crippen molar-refractivity contribution < 1.29 is 4.79 Å². The summed E-state index contributed by atoms with van der Waals surface area (Å²) in [7, 11) is 0. The Morgan fingerprint density at radius 2 is 2.08 bits per heavy atom. The minimum Gasteiger partial charge on any atom is -0.329 e. The zero-order valence-corrected chi connectivity index (χ0v) is 15.6. The third-order valence-corrected chi connectivity index (χ3v) is 5.08. The third kappa shape index (κ3) is 3.43. The van der Waals surface area contributed by atoms with E-state index >= 15 is 0 Å². The van der Waals surface area contributed by atoms with Gasteiger partial charge in [0.2, 0.25) is 0 Å². The number of carbonyl (C=O) groups is 1. The number of urea groups is 1. The van der Waals surface area contributed by atoms with Gasteiger partial charge in [-0.05, 0) is 13.8 Å². The number of fused-ring (bicyclic) bond motifs is 1. The van der Waals surface area contributed by atoms with Crippen molar-refractivity contribution in [3.63, 3.8) is 0 Å². The van der Waals surface area contributed by atoms with Crippen LogP contribution in [0.3, 0.4) is 0 Å². The number of aryl methyl sites for hydroxylation is 1. The molecule has 0 fully saturated rings. The molecule has 0 unspecified atom stereocenters. The molecule has 1 aliphatic heterocycles. The summed E-state index contributed by atoms with van der Waals surface area (Å²) in [6.07, 6.45) is 0. The molecule has 0 saturated carbocycles. The topological polar surface area (TPSA) is 75.9 Å². The minimum absolute atomic E-state index is 0.0211. The molecule has 0 radical (unpaired) electrons. The first-order valence-corrected chi connectivity index (χ1v) is 9.03. The van der Waals surface area contributed by atoms with Gasteiger partial charge in [-0.25, -0.2) is 19.4 Å². The van der Waals surface area contributed by atoms with E-state index in [1.165, 1.54) is 0 Å². The highest BCUT2D eigenvalue weighted by Crippen LogP contribution is 2.27. The molecule has 0 aliphatic carbocycles. The maximum atomic E-state index is 12.5. The second-order valence-electron chi connectivity index (χ2n) is 7.21. The Morgan fingerprint density at radius 3 is 2.75 bits per heavy atom. The average molecular weight is 348 g/mol. The molecule has 1 atom stereocenters. The second kappa shape index (κ2) is 6.16. The number of rotatable bonds is 2. The summed E-state index contributed by atoms with van der Waals surface area (Å²) in [5, 5.41) is 10.4. The van der Waals surface area contributed by atoms with Crippen LogP contribution in [0.5, 0.6) is 0 Å². The Balaban J connectivity index is 1.63. The Labute approximate surface area is 146 Å². The highest BCUT2D eigenvalue weighted by atomic mass is 32.1. The van der Waals surface area contributed by atoms with E-state index in [4.69, 9.17) is 0 Å². The molecule has 0 saturated heterocycles. The predicted octanol–water partition coefficient (Wildman–Crippen LogP) is 2.63. The van der Waals surface area contributed by atoms with Crippen LogP contribution in [0.2, 0.25) is 0 Å². The van der Waals surface area contributed by atoms with Gasteiger partial charge in [-0.3, -0.25) is 0 Å². The fraction of sp³-hybridized carbons (Fsp3) is 0.625. The van der Waals surface area contributed by atoms with E-state index in [1.807, 2.05) is 18.5 Å².